The third-order valence-corrected chi connectivity index (χ3v) is 5.27. The fourth-order valence-corrected chi connectivity index (χ4v) is 2.54. The van der Waals surface area contributed by atoms with Crippen LogP contribution in [0.1, 0.15) is 51.3 Å². The average Bonchev–Trinajstić information content (AvgIpc) is 2.37. The van der Waals surface area contributed by atoms with E-state index in [0.717, 1.165) is 11.1 Å². The zero-order chi connectivity index (χ0) is 16.1. The van der Waals surface area contributed by atoms with Gasteiger partial charge in [0.15, 0.2) is 0 Å². The van der Waals surface area contributed by atoms with Crippen LogP contribution in [0.25, 0.3) is 0 Å². The maximum atomic E-state index is 12.2. The molecule has 116 valence electrons. The summed E-state index contributed by atoms with van der Waals surface area (Å²) in [6.07, 6.45) is 0.427. The average molecular weight is 309 g/mol. The number of sulfonamides is 1. The summed E-state index contributed by atoms with van der Waals surface area (Å²) in [4.78, 5) is 0. The molecule has 0 spiro atoms. The molecule has 5 heteroatoms. The monoisotopic (exact) mass is 309 g/mol. The Morgan fingerprint density at radius 1 is 1.33 bits per heavy atom. The summed E-state index contributed by atoms with van der Waals surface area (Å²) in [5.74, 6) is 5.80. The Bertz CT molecular complexity index is 633. The lowest BCUT2D eigenvalue weighted by atomic mass is 10.1. The van der Waals surface area contributed by atoms with Crippen molar-refractivity contribution in [3.05, 3.63) is 35.4 Å². The lowest BCUT2D eigenvalue weighted by molar-refractivity contribution is 0.305. The van der Waals surface area contributed by atoms with Crippen molar-refractivity contribution in [2.45, 2.75) is 44.9 Å². The van der Waals surface area contributed by atoms with Crippen LogP contribution in [0.5, 0.6) is 0 Å². The molecule has 0 aliphatic rings. The minimum absolute atomic E-state index is 0.0362. The molecule has 0 amide bonds. The van der Waals surface area contributed by atoms with E-state index in [4.69, 9.17) is 5.11 Å². The number of aliphatic hydroxyl groups excluding tert-OH is 1. The van der Waals surface area contributed by atoms with Crippen LogP contribution in [-0.4, -0.2) is 24.9 Å². The van der Waals surface area contributed by atoms with Gasteiger partial charge in [0, 0.05) is 18.0 Å². The van der Waals surface area contributed by atoms with Gasteiger partial charge in [0.05, 0.1) is 11.4 Å². The number of hydrogen-bond acceptors (Lipinski definition) is 3. The van der Waals surface area contributed by atoms with Gasteiger partial charge in [-0.2, -0.15) is 0 Å². The second-order valence-electron chi connectivity index (χ2n) is 5.86. The van der Waals surface area contributed by atoms with E-state index in [2.05, 4.69) is 16.6 Å². The van der Waals surface area contributed by atoms with Crippen molar-refractivity contribution < 1.29 is 13.5 Å². The van der Waals surface area contributed by atoms with E-state index >= 15 is 0 Å². The van der Waals surface area contributed by atoms with E-state index in [1.54, 1.807) is 20.8 Å². The Labute approximate surface area is 127 Å². The highest BCUT2D eigenvalue weighted by Crippen LogP contribution is 2.20. The molecule has 21 heavy (non-hydrogen) atoms. The van der Waals surface area contributed by atoms with Crippen LogP contribution >= 0.6 is 0 Å². The minimum atomic E-state index is -3.40. The second-order valence-corrected chi connectivity index (χ2v) is 8.32. The quantitative estimate of drug-likeness (QED) is 0.838. The first-order valence-corrected chi connectivity index (χ1v) is 8.37. The van der Waals surface area contributed by atoms with Crippen LogP contribution in [0, 0.1) is 11.8 Å². The largest absolute Gasteiger partial charge is 0.395 e. The van der Waals surface area contributed by atoms with Crippen molar-refractivity contribution >= 4 is 10.0 Å². The summed E-state index contributed by atoms with van der Waals surface area (Å²) in [7, 11) is -3.40. The molecular formula is C16H23NO3S. The number of nitrogens with one attached hydrogen (secondary N) is 1. The molecular weight excluding hydrogens is 286 g/mol. The fourth-order valence-electron chi connectivity index (χ4n) is 1.58. The summed E-state index contributed by atoms with van der Waals surface area (Å²) in [6.45, 7) is 6.84. The lowest BCUT2D eigenvalue weighted by Crippen LogP contribution is -2.40. The van der Waals surface area contributed by atoms with E-state index < -0.39 is 14.8 Å². The van der Waals surface area contributed by atoms with Crippen molar-refractivity contribution in [2.75, 3.05) is 6.61 Å². The molecule has 0 bridgehead atoms. The Balaban J connectivity index is 2.92. The van der Waals surface area contributed by atoms with E-state index in [1.165, 1.54) is 0 Å². The lowest BCUT2D eigenvalue weighted by Gasteiger charge is -2.23. The number of hydrogen-bond donors (Lipinski definition) is 2. The Morgan fingerprint density at radius 2 is 2.00 bits per heavy atom. The molecule has 4 nitrogen and oxygen atoms in total. The van der Waals surface area contributed by atoms with Crippen LogP contribution in [0.4, 0.5) is 0 Å². The third kappa shape index (κ3) is 5.16. The highest BCUT2D eigenvalue weighted by Gasteiger charge is 2.30. The van der Waals surface area contributed by atoms with Crippen molar-refractivity contribution in [2.24, 2.45) is 0 Å². The van der Waals surface area contributed by atoms with Gasteiger partial charge in [-0.15, -0.1) is 0 Å². The predicted molar refractivity (Wildman–Crippen MR) is 85.2 cm³/mol. The highest BCUT2D eigenvalue weighted by molar-refractivity contribution is 7.90. The molecule has 1 aromatic carbocycles. The van der Waals surface area contributed by atoms with Crippen molar-refractivity contribution in [3.8, 4) is 11.8 Å². The molecule has 0 saturated heterocycles. The second kappa shape index (κ2) is 7.08. The smallest absolute Gasteiger partial charge is 0.217 e. The maximum absolute atomic E-state index is 12.2. The van der Waals surface area contributed by atoms with Gasteiger partial charge in [0.1, 0.15) is 0 Å². The first kappa shape index (κ1) is 17.7. The molecule has 1 unspecified atom stereocenters. The maximum Gasteiger partial charge on any atom is 0.217 e. The molecule has 0 aromatic heterocycles. The molecule has 1 rings (SSSR count). The van der Waals surface area contributed by atoms with Gasteiger partial charge in [0.2, 0.25) is 10.0 Å². The Hall–Kier alpha value is -1.35. The van der Waals surface area contributed by atoms with Gasteiger partial charge < -0.3 is 5.11 Å². The summed E-state index contributed by atoms with van der Waals surface area (Å²) >= 11 is 0. The predicted octanol–water partition coefficient (Wildman–Crippen LogP) is 2.20. The van der Waals surface area contributed by atoms with Crippen molar-refractivity contribution in [1.82, 2.24) is 4.72 Å². The van der Waals surface area contributed by atoms with Crippen LogP contribution in [-0.2, 0) is 10.0 Å². The summed E-state index contributed by atoms with van der Waals surface area (Å²) < 4.78 is 26.2. The fraction of sp³-hybridized carbons (Fsp3) is 0.500. The number of aliphatic hydroxyl groups is 1. The molecule has 0 fully saturated rings. The van der Waals surface area contributed by atoms with Gasteiger partial charge in [-0.1, -0.05) is 24.0 Å². The highest BCUT2D eigenvalue weighted by atomic mass is 32.2. The third-order valence-electron chi connectivity index (χ3n) is 2.99. The van der Waals surface area contributed by atoms with Gasteiger partial charge >= 0.3 is 0 Å². The SMILES string of the molecule is CC(NS(=O)(=O)C(C)(C)C)c1cccc(C#CCCO)c1. The molecule has 0 heterocycles. The summed E-state index contributed by atoms with van der Waals surface area (Å²) in [6, 6.07) is 7.11. The van der Waals surface area contributed by atoms with Crippen LogP contribution in [0.3, 0.4) is 0 Å². The molecule has 2 N–H and O–H groups in total. The Morgan fingerprint density at radius 3 is 2.57 bits per heavy atom. The standard InChI is InChI=1S/C16H23NO3S/c1-13(17-21(19,20)16(2,3)4)15-10-7-9-14(12-15)8-5-6-11-18/h7,9-10,12-13,17-18H,6,11H2,1-4H3. The topological polar surface area (TPSA) is 66.4 Å². The van der Waals surface area contributed by atoms with Gasteiger partial charge in [-0.25, -0.2) is 13.1 Å². The summed E-state index contributed by atoms with van der Waals surface area (Å²) in [5.41, 5.74) is 1.67. The van der Waals surface area contributed by atoms with Gasteiger partial charge in [-0.3, -0.25) is 0 Å². The number of rotatable bonds is 4. The molecule has 1 atom stereocenters. The van der Waals surface area contributed by atoms with E-state index in [1.807, 2.05) is 31.2 Å². The van der Waals surface area contributed by atoms with Crippen molar-refractivity contribution in [1.29, 1.82) is 0 Å². The first-order valence-electron chi connectivity index (χ1n) is 6.89. The normalized spacial score (nSPS) is 13.4. The van der Waals surface area contributed by atoms with Gasteiger partial charge in [-0.05, 0) is 45.4 Å². The molecule has 0 aliphatic carbocycles. The van der Waals surface area contributed by atoms with E-state index in [-0.39, 0.29) is 12.6 Å². The molecule has 0 saturated carbocycles. The van der Waals surface area contributed by atoms with Crippen molar-refractivity contribution in [3.63, 3.8) is 0 Å². The van der Waals surface area contributed by atoms with Crippen LogP contribution < -0.4 is 4.72 Å². The van der Waals surface area contributed by atoms with Crippen LogP contribution in [0.2, 0.25) is 0 Å². The van der Waals surface area contributed by atoms with Crippen LogP contribution in [0.15, 0.2) is 24.3 Å². The summed E-state index contributed by atoms with van der Waals surface area (Å²) in [5, 5.41) is 8.71. The number of benzene rings is 1. The Kier molecular flexibility index (Phi) is 5.97. The minimum Gasteiger partial charge on any atom is -0.395 e. The van der Waals surface area contributed by atoms with Gasteiger partial charge in [0.25, 0.3) is 0 Å². The molecule has 1 aromatic rings. The van der Waals surface area contributed by atoms with E-state index in [0.29, 0.717) is 6.42 Å². The molecule has 0 radical (unpaired) electrons. The van der Waals surface area contributed by atoms with E-state index in [9.17, 15) is 8.42 Å². The molecule has 0 aliphatic heterocycles. The zero-order valence-corrected chi connectivity index (χ0v) is 13.8. The zero-order valence-electron chi connectivity index (χ0n) is 13.0. The first-order chi connectivity index (χ1) is 9.67.